The first-order valence-electron chi connectivity index (χ1n) is 6.45. The smallest absolute Gasteiger partial charge is 0.265 e. The number of aromatic nitrogens is 3. The molecule has 0 unspecified atom stereocenters. The molecule has 0 aliphatic rings. The number of carbonyl (C=O) groups excluding carboxylic acids is 2. The minimum atomic E-state index is -0.639. The molecule has 2 aromatic heterocycles. The lowest BCUT2D eigenvalue weighted by atomic mass is 10.1. The Kier molecular flexibility index (Phi) is 4.45. The average Bonchev–Trinajstić information content (AvgIpc) is 3.20. The van der Waals surface area contributed by atoms with Gasteiger partial charge in [0.15, 0.2) is 5.82 Å². The van der Waals surface area contributed by atoms with Gasteiger partial charge in [0.1, 0.15) is 6.33 Å². The SMILES string of the molecule is O=C(Cc1cscc1Sc1ccccc1)C(=O)c1ncn[nH]1. The number of carbonyl (C=O) groups is 2. The maximum Gasteiger partial charge on any atom is 0.265 e. The van der Waals surface area contributed by atoms with Crippen LogP contribution in [0, 0.1) is 0 Å². The standard InChI is InChI=1S/C15H11N3O2S2/c19-12(14(20)15-16-9-17-18-15)6-10-7-21-8-13(10)22-11-4-2-1-3-5-11/h1-5,7-9H,6H2,(H,16,17,18). The molecule has 3 rings (SSSR count). The Balaban J connectivity index is 1.72. The van der Waals surface area contributed by atoms with Crippen molar-refractivity contribution in [3.8, 4) is 0 Å². The lowest BCUT2D eigenvalue weighted by Crippen LogP contribution is -2.18. The highest BCUT2D eigenvalue weighted by atomic mass is 32.2. The van der Waals surface area contributed by atoms with Crippen LogP contribution in [0.3, 0.4) is 0 Å². The summed E-state index contributed by atoms with van der Waals surface area (Å²) in [5.41, 5.74) is 0.858. The Hall–Kier alpha value is -2.25. The molecular weight excluding hydrogens is 318 g/mol. The lowest BCUT2D eigenvalue weighted by molar-refractivity contribution is -0.114. The fourth-order valence-electron chi connectivity index (χ4n) is 1.85. The van der Waals surface area contributed by atoms with Crippen LogP contribution in [0.15, 0.2) is 57.2 Å². The van der Waals surface area contributed by atoms with Gasteiger partial charge in [0.05, 0.1) is 0 Å². The summed E-state index contributed by atoms with van der Waals surface area (Å²) in [6, 6.07) is 9.90. The fraction of sp³-hybridized carbons (Fsp3) is 0.0667. The summed E-state index contributed by atoms with van der Waals surface area (Å²) in [4.78, 5) is 29.8. The first-order chi connectivity index (χ1) is 10.7. The van der Waals surface area contributed by atoms with Gasteiger partial charge in [-0.1, -0.05) is 30.0 Å². The minimum Gasteiger partial charge on any atom is -0.290 e. The van der Waals surface area contributed by atoms with Crippen molar-refractivity contribution < 1.29 is 9.59 Å². The molecule has 0 saturated carbocycles. The molecule has 0 spiro atoms. The zero-order valence-electron chi connectivity index (χ0n) is 11.4. The number of nitrogens with zero attached hydrogens (tertiary/aromatic N) is 2. The molecule has 5 nitrogen and oxygen atoms in total. The number of rotatable bonds is 6. The molecule has 0 atom stereocenters. The van der Waals surface area contributed by atoms with Crippen molar-refractivity contribution in [3.05, 3.63) is 58.8 Å². The van der Waals surface area contributed by atoms with Crippen molar-refractivity contribution in [1.82, 2.24) is 15.2 Å². The molecular formula is C15H11N3O2S2. The number of hydrogen-bond donors (Lipinski definition) is 1. The molecule has 0 fully saturated rings. The van der Waals surface area contributed by atoms with Crippen LogP contribution in [-0.4, -0.2) is 26.7 Å². The number of hydrogen-bond acceptors (Lipinski definition) is 6. The quantitative estimate of drug-likeness (QED) is 0.556. The molecule has 3 aromatic rings. The summed E-state index contributed by atoms with van der Waals surface area (Å²) < 4.78 is 0. The van der Waals surface area contributed by atoms with Gasteiger partial charge in [0, 0.05) is 21.6 Å². The average molecular weight is 329 g/mol. The predicted octanol–water partition coefficient (Wildman–Crippen LogP) is 3.01. The molecule has 110 valence electrons. The van der Waals surface area contributed by atoms with E-state index in [9.17, 15) is 9.59 Å². The number of aromatic amines is 1. The first-order valence-corrected chi connectivity index (χ1v) is 8.21. The maximum absolute atomic E-state index is 12.1. The van der Waals surface area contributed by atoms with Crippen LogP contribution < -0.4 is 0 Å². The van der Waals surface area contributed by atoms with Crippen molar-refractivity contribution >= 4 is 34.7 Å². The van der Waals surface area contributed by atoms with Gasteiger partial charge in [-0.25, -0.2) is 4.98 Å². The van der Waals surface area contributed by atoms with Crippen LogP contribution in [0.4, 0.5) is 0 Å². The van der Waals surface area contributed by atoms with E-state index in [-0.39, 0.29) is 12.2 Å². The molecule has 0 aliphatic heterocycles. The molecule has 22 heavy (non-hydrogen) atoms. The van der Waals surface area contributed by atoms with Crippen LogP contribution >= 0.6 is 23.1 Å². The van der Waals surface area contributed by atoms with Gasteiger partial charge in [0.25, 0.3) is 5.78 Å². The number of ketones is 2. The van der Waals surface area contributed by atoms with E-state index in [1.165, 1.54) is 17.7 Å². The Morgan fingerprint density at radius 3 is 2.73 bits per heavy atom. The van der Waals surface area contributed by atoms with E-state index in [0.717, 1.165) is 15.4 Å². The van der Waals surface area contributed by atoms with E-state index < -0.39 is 11.6 Å². The predicted molar refractivity (Wildman–Crippen MR) is 84.3 cm³/mol. The highest BCUT2D eigenvalue weighted by Gasteiger charge is 2.21. The molecule has 2 heterocycles. The van der Waals surface area contributed by atoms with Crippen LogP contribution in [0.1, 0.15) is 16.2 Å². The van der Waals surface area contributed by atoms with Crippen molar-refractivity contribution in [2.24, 2.45) is 0 Å². The van der Waals surface area contributed by atoms with Gasteiger partial charge in [-0.2, -0.15) is 16.4 Å². The molecule has 0 amide bonds. The van der Waals surface area contributed by atoms with E-state index in [0.29, 0.717) is 0 Å². The van der Waals surface area contributed by atoms with Crippen molar-refractivity contribution in [2.45, 2.75) is 16.2 Å². The van der Waals surface area contributed by atoms with Crippen molar-refractivity contribution in [1.29, 1.82) is 0 Å². The van der Waals surface area contributed by atoms with E-state index >= 15 is 0 Å². The molecule has 0 bridgehead atoms. The van der Waals surface area contributed by atoms with Crippen LogP contribution in [0.2, 0.25) is 0 Å². The Labute approximate surface area is 134 Å². The van der Waals surface area contributed by atoms with Gasteiger partial charge < -0.3 is 0 Å². The van der Waals surface area contributed by atoms with Gasteiger partial charge in [-0.15, -0.1) is 0 Å². The van der Waals surface area contributed by atoms with Gasteiger partial charge >= 0.3 is 0 Å². The third kappa shape index (κ3) is 3.32. The van der Waals surface area contributed by atoms with Gasteiger partial charge in [0.2, 0.25) is 5.78 Å². The highest BCUT2D eigenvalue weighted by molar-refractivity contribution is 7.99. The third-order valence-electron chi connectivity index (χ3n) is 2.91. The zero-order valence-corrected chi connectivity index (χ0v) is 13.0. The normalized spacial score (nSPS) is 10.5. The van der Waals surface area contributed by atoms with Gasteiger partial charge in [-0.3, -0.25) is 14.7 Å². The van der Waals surface area contributed by atoms with Crippen molar-refractivity contribution in [2.75, 3.05) is 0 Å². The van der Waals surface area contributed by atoms with E-state index in [2.05, 4.69) is 15.2 Å². The van der Waals surface area contributed by atoms with E-state index in [1.54, 1.807) is 11.8 Å². The summed E-state index contributed by atoms with van der Waals surface area (Å²) in [6.07, 6.45) is 1.28. The lowest BCUT2D eigenvalue weighted by Gasteiger charge is -2.03. The molecule has 1 aromatic carbocycles. The second-order valence-electron chi connectivity index (χ2n) is 4.44. The van der Waals surface area contributed by atoms with Crippen LogP contribution in [0.25, 0.3) is 0 Å². The Morgan fingerprint density at radius 2 is 2.00 bits per heavy atom. The Morgan fingerprint density at radius 1 is 1.18 bits per heavy atom. The fourth-order valence-corrected chi connectivity index (χ4v) is 3.81. The zero-order chi connectivity index (χ0) is 15.4. The van der Waals surface area contributed by atoms with Crippen LogP contribution in [-0.2, 0) is 11.2 Å². The van der Waals surface area contributed by atoms with Crippen LogP contribution in [0.5, 0.6) is 0 Å². The third-order valence-corrected chi connectivity index (χ3v) is 4.96. The molecule has 7 heteroatoms. The summed E-state index contributed by atoms with van der Waals surface area (Å²) in [5.74, 6) is -1.15. The monoisotopic (exact) mass is 329 g/mol. The second kappa shape index (κ2) is 6.67. The largest absolute Gasteiger partial charge is 0.290 e. The van der Waals surface area contributed by atoms with Gasteiger partial charge in [-0.05, 0) is 23.1 Å². The number of thiophene rings is 1. The Bertz CT molecular complexity index is 782. The highest BCUT2D eigenvalue weighted by Crippen LogP contribution is 2.33. The summed E-state index contributed by atoms with van der Waals surface area (Å²) in [6.45, 7) is 0. The first kappa shape index (κ1) is 14.7. The summed E-state index contributed by atoms with van der Waals surface area (Å²) in [7, 11) is 0. The molecule has 0 radical (unpaired) electrons. The number of nitrogens with one attached hydrogen (secondary N) is 1. The van der Waals surface area contributed by atoms with E-state index in [1.807, 2.05) is 41.1 Å². The maximum atomic E-state index is 12.1. The summed E-state index contributed by atoms with van der Waals surface area (Å²) in [5, 5.41) is 9.89. The molecule has 0 aliphatic carbocycles. The minimum absolute atomic E-state index is 0.0162. The molecule has 0 saturated heterocycles. The topological polar surface area (TPSA) is 75.7 Å². The number of benzene rings is 1. The second-order valence-corrected chi connectivity index (χ2v) is 6.30. The van der Waals surface area contributed by atoms with E-state index in [4.69, 9.17) is 0 Å². The number of H-pyrrole nitrogens is 1. The summed E-state index contributed by atoms with van der Waals surface area (Å²) >= 11 is 3.10. The van der Waals surface area contributed by atoms with Crippen molar-refractivity contribution in [3.63, 3.8) is 0 Å². The molecule has 1 N–H and O–H groups in total. The number of Topliss-reactive ketones (excluding diaryl/α,β-unsaturated/α-hetero) is 2.